The van der Waals surface area contributed by atoms with E-state index in [1.807, 2.05) is 61.5 Å². The van der Waals surface area contributed by atoms with Crippen molar-refractivity contribution < 1.29 is 9.53 Å². The van der Waals surface area contributed by atoms with Gasteiger partial charge in [-0.05, 0) is 60.5 Å². The summed E-state index contributed by atoms with van der Waals surface area (Å²) in [5.41, 5.74) is 1.89. The molecule has 1 saturated heterocycles. The number of rotatable bonds is 4. The van der Waals surface area contributed by atoms with Crippen molar-refractivity contribution >= 4 is 34.8 Å². The van der Waals surface area contributed by atoms with Gasteiger partial charge in [0.15, 0.2) is 0 Å². The summed E-state index contributed by atoms with van der Waals surface area (Å²) in [7, 11) is 1.61. The van der Waals surface area contributed by atoms with Crippen molar-refractivity contribution in [2.45, 2.75) is 18.4 Å². The highest BCUT2D eigenvalue weighted by Crippen LogP contribution is 2.53. The van der Waals surface area contributed by atoms with Gasteiger partial charge in [-0.3, -0.25) is 4.79 Å². The second kappa shape index (κ2) is 7.12. The molecule has 142 valence electrons. The highest BCUT2D eigenvalue weighted by atomic mass is 35.5. The van der Waals surface area contributed by atoms with Crippen LogP contribution in [0.5, 0.6) is 5.75 Å². The minimum absolute atomic E-state index is 0.0138. The Bertz CT molecular complexity index is 1000. The van der Waals surface area contributed by atoms with E-state index in [4.69, 9.17) is 27.9 Å². The minimum Gasteiger partial charge on any atom is -0.497 e. The van der Waals surface area contributed by atoms with Crippen molar-refractivity contribution in [3.63, 3.8) is 0 Å². The number of amides is 1. The second-order valence-corrected chi connectivity index (χ2v) is 7.72. The molecule has 0 spiro atoms. The smallest absolute Gasteiger partial charge is 0.240 e. The molecule has 0 saturated carbocycles. The van der Waals surface area contributed by atoms with Gasteiger partial charge < -0.3 is 9.64 Å². The van der Waals surface area contributed by atoms with Gasteiger partial charge in [0.25, 0.3) is 0 Å². The topological polar surface area (TPSA) is 42.4 Å². The van der Waals surface area contributed by atoms with Crippen LogP contribution in [0.15, 0.2) is 66.9 Å². The number of nitrogens with zero attached hydrogens (tertiary/aromatic N) is 2. The van der Waals surface area contributed by atoms with Crippen molar-refractivity contribution in [3.05, 3.63) is 88.2 Å². The number of hydrogen-bond acceptors (Lipinski definition) is 3. The van der Waals surface area contributed by atoms with Crippen LogP contribution in [-0.4, -0.2) is 18.0 Å². The van der Waals surface area contributed by atoms with E-state index in [1.54, 1.807) is 24.3 Å². The predicted octanol–water partition coefficient (Wildman–Crippen LogP) is 5.44. The van der Waals surface area contributed by atoms with Crippen LogP contribution in [0.3, 0.4) is 0 Å². The lowest BCUT2D eigenvalue weighted by Crippen LogP contribution is -2.65. The molecule has 0 radical (unpaired) electrons. The second-order valence-electron chi connectivity index (χ2n) is 6.90. The van der Waals surface area contributed by atoms with Gasteiger partial charge in [-0.25, -0.2) is 4.98 Å². The summed E-state index contributed by atoms with van der Waals surface area (Å²) in [6.45, 7) is 1.96. The number of pyridine rings is 1. The molecular formula is C22H18Cl2N2O2. The van der Waals surface area contributed by atoms with Crippen LogP contribution in [0.2, 0.25) is 10.2 Å². The largest absolute Gasteiger partial charge is 0.497 e. The summed E-state index contributed by atoms with van der Waals surface area (Å²) in [5.74, 6) is 0.752. The van der Waals surface area contributed by atoms with E-state index in [0.717, 1.165) is 22.6 Å². The standard InChI is InChI=1S/C22H18Cl2N2O2/c1-22(15-4-6-16(23)7-5-15)20(14-3-12-19(24)25-13-14)26(21(22)27)17-8-10-18(28-2)11-9-17/h3-13,20H,1-2H3/t20-,22+/m1/s1. The highest BCUT2D eigenvalue weighted by molar-refractivity contribution is 6.30. The van der Waals surface area contributed by atoms with Crippen molar-refractivity contribution in [2.75, 3.05) is 12.0 Å². The van der Waals surface area contributed by atoms with Crippen LogP contribution >= 0.6 is 23.2 Å². The molecule has 2 heterocycles. The van der Waals surface area contributed by atoms with E-state index >= 15 is 0 Å². The maximum Gasteiger partial charge on any atom is 0.240 e. The Hall–Kier alpha value is -2.56. The average molecular weight is 413 g/mol. The van der Waals surface area contributed by atoms with E-state index in [-0.39, 0.29) is 11.9 Å². The third kappa shape index (κ3) is 2.93. The number of aromatic nitrogens is 1. The first-order chi connectivity index (χ1) is 13.4. The zero-order valence-corrected chi connectivity index (χ0v) is 16.9. The lowest BCUT2D eigenvalue weighted by atomic mass is 9.65. The number of ether oxygens (including phenoxy) is 1. The number of carbonyl (C=O) groups excluding carboxylic acids is 1. The van der Waals surface area contributed by atoms with E-state index in [1.165, 1.54) is 0 Å². The van der Waals surface area contributed by atoms with Crippen LogP contribution in [-0.2, 0) is 10.2 Å². The fourth-order valence-corrected chi connectivity index (χ4v) is 4.03. The monoisotopic (exact) mass is 412 g/mol. The van der Waals surface area contributed by atoms with Gasteiger partial charge in [0.05, 0.1) is 18.6 Å². The summed E-state index contributed by atoms with van der Waals surface area (Å²) in [6, 6.07) is 18.3. The van der Waals surface area contributed by atoms with Crippen molar-refractivity contribution in [1.82, 2.24) is 4.98 Å². The number of benzene rings is 2. The third-order valence-electron chi connectivity index (χ3n) is 5.33. The van der Waals surface area contributed by atoms with Gasteiger partial charge >= 0.3 is 0 Å². The Morgan fingerprint density at radius 2 is 1.68 bits per heavy atom. The Balaban J connectivity index is 1.81. The first-order valence-electron chi connectivity index (χ1n) is 8.80. The number of anilines is 1. The summed E-state index contributed by atoms with van der Waals surface area (Å²) < 4.78 is 5.23. The Kier molecular flexibility index (Phi) is 4.77. The molecule has 3 aromatic rings. The number of methoxy groups -OCH3 is 1. The molecule has 1 aromatic heterocycles. The minimum atomic E-state index is -0.736. The van der Waals surface area contributed by atoms with E-state index in [9.17, 15) is 4.79 Å². The Labute approximate surface area is 173 Å². The Morgan fingerprint density at radius 1 is 1.00 bits per heavy atom. The van der Waals surface area contributed by atoms with Crippen LogP contribution in [0.25, 0.3) is 0 Å². The quantitative estimate of drug-likeness (QED) is 0.422. The number of carbonyl (C=O) groups is 1. The van der Waals surface area contributed by atoms with Crippen LogP contribution in [0.1, 0.15) is 24.1 Å². The van der Waals surface area contributed by atoms with Crippen molar-refractivity contribution in [1.29, 1.82) is 0 Å². The first kappa shape index (κ1) is 18.8. The lowest BCUT2D eigenvalue weighted by molar-refractivity contribution is -0.132. The van der Waals surface area contributed by atoms with Crippen LogP contribution in [0.4, 0.5) is 5.69 Å². The summed E-state index contributed by atoms with van der Waals surface area (Å²) in [4.78, 5) is 19.4. The number of halogens is 2. The average Bonchev–Trinajstić information content (AvgIpc) is 2.72. The molecule has 1 aliphatic heterocycles. The predicted molar refractivity (Wildman–Crippen MR) is 111 cm³/mol. The van der Waals surface area contributed by atoms with Gasteiger partial charge in [0.2, 0.25) is 5.91 Å². The molecule has 2 atom stereocenters. The van der Waals surface area contributed by atoms with Crippen molar-refractivity contribution in [2.24, 2.45) is 0 Å². The molecule has 1 aliphatic rings. The molecule has 1 fully saturated rings. The molecule has 4 rings (SSSR count). The first-order valence-corrected chi connectivity index (χ1v) is 9.56. The van der Waals surface area contributed by atoms with Crippen LogP contribution in [0, 0.1) is 0 Å². The molecular weight excluding hydrogens is 395 g/mol. The van der Waals surface area contributed by atoms with E-state index < -0.39 is 5.41 Å². The molecule has 6 heteroatoms. The SMILES string of the molecule is COc1ccc(N2C(=O)[C@@](C)(c3ccc(Cl)cc3)[C@H]2c2ccc(Cl)nc2)cc1. The zero-order chi connectivity index (χ0) is 19.9. The molecule has 2 aromatic carbocycles. The summed E-state index contributed by atoms with van der Waals surface area (Å²) >= 11 is 12.0. The van der Waals surface area contributed by atoms with E-state index in [0.29, 0.717) is 10.2 Å². The molecule has 28 heavy (non-hydrogen) atoms. The maximum absolute atomic E-state index is 13.4. The maximum atomic E-state index is 13.4. The highest BCUT2D eigenvalue weighted by Gasteiger charge is 2.59. The van der Waals surface area contributed by atoms with Gasteiger partial charge in [-0.2, -0.15) is 0 Å². The van der Waals surface area contributed by atoms with Crippen molar-refractivity contribution in [3.8, 4) is 5.75 Å². The lowest BCUT2D eigenvalue weighted by Gasteiger charge is -2.55. The molecule has 0 unspecified atom stereocenters. The molecule has 1 amide bonds. The Morgan fingerprint density at radius 3 is 2.25 bits per heavy atom. The van der Waals surface area contributed by atoms with Gasteiger partial charge in [-0.15, -0.1) is 0 Å². The zero-order valence-electron chi connectivity index (χ0n) is 15.4. The summed E-state index contributed by atoms with van der Waals surface area (Å²) in [5, 5.41) is 1.05. The van der Waals surface area contributed by atoms with Gasteiger partial charge in [0, 0.05) is 16.9 Å². The van der Waals surface area contributed by atoms with E-state index in [2.05, 4.69) is 4.98 Å². The number of β-lactam (4-membered cyclic amide) rings is 1. The normalized spacial score (nSPS) is 21.4. The molecule has 0 aliphatic carbocycles. The third-order valence-corrected chi connectivity index (χ3v) is 5.80. The molecule has 4 nitrogen and oxygen atoms in total. The summed E-state index contributed by atoms with van der Waals surface area (Å²) in [6.07, 6.45) is 1.73. The molecule has 0 bridgehead atoms. The van der Waals surface area contributed by atoms with Gasteiger partial charge in [0.1, 0.15) is 10.9 Å². The fraction of sp³-hybridized carbons (Fsp3) is 0.182. The van der Waals surface area contributed by atoms with Crippen LogP contribution < -0.4 is 9.64 Å². The fourth-order valence-electron chi connectivity index (χ4n) is 3.79. The van der Waals surface area contributed by atoms with Gasteiger partial charge in [-0.1, -0.05) is 41.4 Å². The molecule has 0 N–H and O–H groups in total. The number of hydrogen-bond donors (Lipinski definition) is 0.